The zero-order chi connectivity index (χ0) is 13.4. The molecule has 2 aromatic rings. The van der Waals surface area contributed by atoms with Crippen molar-refractivity contribution in [2.45, 2.75) is 6.92 Å². The monoisotopic (exact) mass is 241 g/mol. The molecule has 0 aromatic heterocycles. The summed E-state index contributed by atoms with van der Waals surface area (Å²) in [6.07, 6.45) is 0. The molecule has 3 nitrogen and oxygen atoms in total. The summed E-state index contributed by atoms with van der Waals surface area (Å²) in [7, 11) is 0. The molecule has 2 N–H and O–H groups in total. The Bertz CT molecular complexity index is 457. The van der Waals surface area contributed by atoms with Gasteiger partial charge in [0.05, 0.1) is 0 Å². The number of hydrogen-bond acceptors (Lipinski definition) is 2. The fraction of sp³-hybridized carbons (Fsp3) is 0.0667. The quantitative estimate of drug-likeness (QED) is 0.822. The largest absolute Gasteiger partial charge is 0.366 e. The van der Waals surface area contributed by atoms with Gasteiger partial charge in [0.2, 0.25) is 5.91 Å². The average Bonchev–Trinajstić information content (AvgIpc) is 2.41. The van der Waals surface area contributed by atoms with Gasteiger partial charge in [0, 0.05) is 11.1 Å². The number of carbonyl (C=O) groups is 2. The lowest BCUT2D eigenvalue weighted by atomic mass is 10.2. The van der Waals surface area contributed by atoms with Crippen LogP contribution in [0.5, 0.6) is 0 Å². The third-order valence-corrected chi connectivity index (χ3v) is 2.24. The minimum atomic E-state index is -0.379. The van der Waals surface area contributed by atoms with Crippen molar-refractivity contribution in [1.82, 2.24) is 0 Å². The van der Waals surface area contributed by atoms with Gasteiger partial charge in [-0.15, -0.1) is 0 Å². The molecule has 3 heteroatoms. The zero-order valence-corrected chi connectivity index (χ0v) is 10.2. The highest BCUT2D eigenvalue weighted by Gasteiger charge is 1.94. The number of primary amides is 1. The first-order chi connectivity index (χ1) is 8.61. The van der Waals surface area contributed by atoms with Crippen LogP contribution in [0.15, 0.2) is 60.7 Å². The predicted octanol–water partition coefficient (Wildman–Crippen LogP) is 2.67. The van der Waals surface area contributed by atoms with Crippen molar-refractivity contribution in [3.63, 3.8) is 0 Å². The Hall–Kier alpha value is -2.42. The van der Waals surface area contributed by atoms with Gasteiger partial charge in [-0.25, -0.2) is 0 Å². The van der Waals surface area contributed by atoms with Crippen molar-refractivity contribution in [1.29, 1.82) is 0 Å². The molecule has 0 aliphatic heterocycles. The van der Waals surface area contributed by atoms with Crippen LogP contribution in [-0.2, 0) is 0 Å². The number of Topliss-reactive ketones (excluding diaryl/α,β-unsaturated/α-hetero) is 1. The molecule has 0 radical (unpaired) electrons. The third kappa shape index (κ3) is 4.61. The summed E-state index contributed by atoms with van der Waals surface area (Å²) in [5.41, 5.74) is 6.30. The zero-order valence-electron chi connectivity index (χ0n) is 10.2. The van der Waals surface area contributed by atoms with Gasteiger partial charge >= 0.3 is 0 Å². The van der Waals surface area contributed by atoms with Gasteiger partial charge in [-0.05, 0) is 19.1 Å². The van der Waals surface area contributed by atoms with Gasteiger partial charge in [0.25, 0.3) is 0 Å². The summed E-state index contributed by atoms with van der Waals surface area (Å²) >= 11 is 0. The van der Waals surface area contributed by atoms with Gasteiger partial charge in [-0.2, -0.15) is 0 Å². The normalized spacial score (nSPS) is 8.94. The molecule has 0 atom stereocenters. The Labute approximate surface area is 106 Å². The van der Waals surface area contributed by atoms with Crippen LogP contribution in [0.25, 0.3) is 0 Å². The Morgan fingerprint density at radius 1 is 0.778 bits per heavy atom. The van der Waals surface area contributed by atoms with E-state index in [1.54, 1.807) is 31.2 Å². The van der Waals surface area contributed by atoms with Crippen molar-refractivity contribution in [2.24, 2.45) is 5.73 Å². The maximum atomic E-state index is 10.6. The molecule has 0 aliphatic carbocycles. The maximum absolute atomic E-state index is 10.6. The molecule has 0 saturated heterocycles. The summed E-state index contributed by atoms with van der Waals surface area (Å²) in [6, 6.07) is 18.0. The Kier molecular flexibility index (Phi) is 5.32. The highest BCUT2D eigenvalue weighted by Crippen LogP contribution is 1.97. The molecule has 2 aromatic carbocycles. The van der Waals surface area contributed by atoms with E-state index in [1.165, 1.54) is 0 Å². The molecular weight excluding hydrogens is 226 g/mol. The molecule has 1 amide bonds. The minimum absolute atomic E-state index is 0.121. The van der Waals surface area contributed by atoms with Crippen LogP contribution < -0.4 is 5.73 Å². The Morgan fingerprint density at radius 2 is 1.17 bits per heavy atom. The van der Waals surface area contributed by atoms with Crippen LogP contribution in [0.4, 0.5) is 0 Å². The Morgan fingerprint density at radius 3 is 1.39 bits per heavy atom. The molecule has 0 unspecified atom stereocenters. The van der Waals surface area contributed by atoms with E-state index >= 15 is 0 Å². The number of nitrogens with two attached hydrogens (primary N) is 1. The summed E-state index contributed by atoms with van der Waals surface area (Å²) in [6.45, 7) is 1.56. The maximum Gasteiger partial charge on any atom is 0.248 e. The number of hydrogen-bond donors (Lipinski definition) is 1. The topological polar surface area (TPSA) is 60.2 Å². The summed E-state index contributed by atoms with van der Waals surface area (Å²) in [5.74, 6) is -0.258. The molecule has 92 valence electrons. The van der Waals surface area contributed by atoms with Crippen LogP contribution in [-0.4, -0.2) is 11.7 Å². The minimum Gasteiger partial charge on any atom is -0.366 e. The molecule has 0 fully saturated rings. The summed E-state index contributed by atoms with van der Waals surface area (Å²) in [4.78, 5) is 21.1. The standard InChI is InChI=1S/C8H8O.C7H7NO/c1-7(9)8-5-3-2-4-6-8;8-7(9)6-4-2-1-3-5-6/h2-6H,1H3;1-5H,(H2,8,9). The molecule has 0 bridgehead atoms. The number of benzene rings is 2. The van der Waals surface area contributed by atoms with E-state index in [9.17, 15) is 9.59 Å². The van der Waals surface area contributed by atoms with Gasteiger partial charge in [0.1, 0.15) is 0 Å². The second kappa shape index (κ2) is 7.01. The van der Waals surface area contributed by atoms with E-state index in [0.29, 0.717) is 5.56 Å². The van der Waals surface area contributed by atoms with Gasteiger partial charge in [-0.1, -0.05) is 48.5 Å². The van der Waals surface area contributed by atoms with Gasteiger partial charge in [-0.3, -0.25) is 9.59 Å². The molecule has 0 spiro atoms. The molecule has 0 saturated carbocycles. The summed E-state index contributed by atoms with van der Waals surface area (Å²) in [5, 5.41) is 0. The lowest BCUT2D eigenvalue weighted by molar-refractivity contribution is 0.0996. The van der Waals surface area contributed by atoms with E-state index in [2.05, 4.69) is 0 Å². The fourth-order valence-electron chi connectivity index (χ4n) is 1.28. The lowest BCUT2D eigenvalue weighted by Crippen LogP contribution is -2.09. The van der Waals surface area contributed by atoms with Gasteiger partial charge in [0.15, 0.2) is 5.78 Å². The smallest absolute Gasteiger partial charge is 0.248 e. The highest BCUT2D eigenvalue weighted by atomic mass is 16.1. The van der Waals surface area contributed by atoms with Crippen molar-refractivity contribution in [3.05, 3.63) is 71.8 Å². The van der Waals surface area contributed by atoms with E-state index in [0.717, 1.165) is 5.56 Å². The van der Waals surface area contributed by atoms with E-state index < -0.39 is 0 Å². The fourth-order valence-corrected chi connectivity index (χ4v) is 1.28. The average molecular weight is 241 g/mol. The molecule has 18 heavy (non-hydrogen) atoms. The molecule has 2 rings (SSSR count). The van der Waals surface area contributed by atoms with Crippen molar-refractivity contribution < 1.29 is 9.59 Å². The van der Waals surface area contributed by atoms with Crippen LogP contribution >= 0.6 is 0 Å². The first-order valence-corrected chi connectivity index (χ1v) is 5.52. The predicted molar refractivity (Wildman–Crippen MR) is 71.4 cm³/mol. The second-order valence-corrected chi connectivity index (χ2v) is 3.65. The van der Waals surface area contributed by atoms with Crippen LogP contribution in [0.3, 0.4) is 0 Å². The number of rotatable bonds is 2. The van der Waals surface area contributed by atoms with E-state index in [-0.39, 0.29) is 11.7 Å². The first-order valence-electron chi connectivity index (χ1n) is 5.52. The first kappa shape index (κ1) is 13.6. The molecule has 0 heterocycles. The van der Waals surface area contributed by atoms with Crippen molar-refractivity contribution in [3.8, 4) is 0 Å². The van der Waals surface area contributed by atoms with E-state index in [1.807, 2.05) is 36.4 Å². The van der Waals surface area contributed by atoms with Crippen molar-refractivity contribution >= 4 is 11.7 Å². The third-order valence-electron chi connectivity index (χ3n) is 2.24. The molecule has 0 aliphatic rings. The number of ketones is 1. The van der Waals surface area contributed by atoms with Crippen molar-refractivity contribution in [2.75, 3.05) is 0 Å². The van der Waals surface area contributed by atoms with Crippen LogP contribution in [0.2, 0.25) is 0 Å². The summed E-state index contributed by atoms with van der Waals surface area (Å²) < 4.78 is 0. The van der Waals surface area contributed by atoms with Gasteiger partial charge < -0.3 is 5.73 Å². The second-order valence-electron chi connectivity index (χ2n) is 3.65. The SMILES string of the molecule is CC(=O)c1ccccc1.NC(=O)c1ccccc1. The van der Waals surface area contributed by atoms with Crippen LogP contribution in [0, 0.1) is 0 Å². The number of carbonyl (C=O) groups excluding carboxylic acids is 2. The van der Waals surface area contributed by atoms with E-state index in [4.69, 9.17) is 5.73 Å². The number of amides is 1. The highest BCUT2D eigenvalue weighted by molar-refractivity contribution is 5.94. The molecular formula is C15H15NO2. The van der Waals surface area contributed by atoms with Crippen LogP contribution in [0.1, 0.15) is 27.6 Å². The lowest BCUT2D eigenvalue weighted by Gasteiger charge is -1.89. The Balaban J connectivity index is 0.000000180.